The van der Waals surface area contributed by atoms with Crippen molar-refractivity contribution in [1.29, 1.82) is 0 Å². The van der Waals surface area contributed by atoms with E-state index in [0.29, 0.717) is 6.42 Å². The smallest absolute Gasteiger partial charge is 0.246 e. The van der Waals surface area contributed by atoms with Crippen LogP contribution in [0.2, 0.25) is 0 Å². The number of hydrogen-bond donors (Lipinski definition) is 0. The van der Waals surface area contributed by atoms with E-state index in [-0.39, 0.29) is 22.7 Å². The SMILES string of the molecule is CCCN(CCC)C(=O)C1CSC2(C)CCC(=O)N12. The summed E-state index contributed by atoms with van der Waals surface area (Å²) < 4.78 is 0. The summed E-state index contributed by atoms with van der Waals surface area (Å²) in [5.74, 6) is 1.05. The molecule has 0 radical (unpaired) electrons. The van der Waals surface area contributed by atoms with Crippen LogP contribution in [-0.2, 0) is 9.59 Å². The highest BCUT2D eigenvalue weighted by molar-refractivity contribution is 8.01. The number of rotatable bonds is 5. The molecule has 5 heteroatoms. The normalized spacial score (nSPS) is 29.7. The maximum Gasteiger partial charge on any atom is 0.246 e. The first-order chi connectivity index (χ1) is 9.03. The Kier molecular flexibility index (Phi) is 4.43. The van der Waals surface area contributed by atoms with Crippen LogP contribution in [0.4, 0.5) is 0 Å². The summed E-state index contributed by atoms with van der Waals surface area (Å²) >= 11 is 1.77. The number of hydrogen-bond acceptors (Lipinski definition) is 3. The van der Waals surface area contributed by atoms with Gasteiger partial charge in [0, 0.05) is 25.3 Å². The second kappa shape index (κ2) is 5.73. The van der Waals surface area contributed by atoms with Crippen molar-refractivity contribution in [2.75, 3.05) is 18.8 Å². The van der Waals surface area contributed by atoms with Crippen LogP contribution < -0.4 is 0 Å². The molecule has 0 saturated carbocycles. The molecule has 0 aliphatic carbocycles. The van der Waals surface area contributed by atoms with Gasteiger partial charge < -0.3 is 9.80 Å². The summed E-state index contributed by atoms with van der Waals surface area (Å²) in [5, 5.41) is 0. The molecule has 19 heavy (non-hydrogen) atoms. The Morgan fingerprint density at radius 3 is 2.63 bits per heavy atom. The van der Waals surface area contributed by atoms with Crippen LogP contribution in [0, 0.1) is 0 Å². The zero-order valence-electron chi connectivity index (χ0n) is 12.1. The second-order valence-electron chi connectivity index (χ2n) is 5.59. The highest BCUT2D eigenvalue weighted by Crippen LogP contribution is 2.47. The molecule has 0 aromatic carbocycles. The molecule has 2 saturated heterocycles. The van der Waals surface area contributed by atoms with Gasteiger partial charge in [0.05, 0.1) is 4.87 Å². The highest BCUT2D eigenvalue weighted by Gasteiger charge is 2.53. The fourth-order valence-corrected chi connectivity index (χ4v) is 4.51. The Balaban J connectivity index is 2.12. The lowest BCUT2D eigenvalue weighted by Crippen LogP contribution is -2.51. The van der Waals surface area contributed by atoms with Gasteiger partial charge in [0.1, 0.15) is 6.04 Å². The molecule has 0 aromatic rings. The number of amides is 2. The number of fused-ring (bicyclic) bond motifs is 1. The zero-order chi connectivity index (χ0) is 14.0. The number of nitrogens with zero attached hydrogens (tertiary/aromatic N) is 2. The Labute approximate surface area is 119 Å². The number of carbonyl (C=O) groups excluding carboxylic acids is 2. The highest BCUT2D eigenvalue weighted by atomic mass is 32.2. The summed E-state index contributed by atoms with van der Waals surface area (Å²) in [6.07, 6.45) is 3.41. The lowest BCUT2D eigenvalue weighted by atomic mass is 10.2. The lowest BCUT2D eigenvalue weighted by Gasteiger charge is -2.33. The lowest BCUT2D eigenvalue weighted by molar-refractivity contribution is -0.143. The van der Waals surface area contributed by atoms with Gasteiger partial charge in [0.15, 0.2) is 0 Å². The summed E-state index contributed by atoms with van der Waals surface area (Å²) in [6, 6.07) is -0.233. The first-order valence-electron chi connectivity index (χ1n) is 7.28. The largest absolute Gasteiger partial charge is 0.341 e. The molecule has 2 heterocycles. The molecule has 108 valence electrons. The van der Waals surface area contributed by atoms with Gasteiger partial charge >= 0.3 is 0 Å². The van der Waals surface area contributed by atoms with Gasteiger partial charge in [-0.15, -0.1) is 11.8 Å². The van der Waals surface area contributed by atoms with E-state index in [1.807, 2.05) is 9.80 Å². The van der Waals surface area contributed by atoms with E-state index in [2.05, 4.69) is 20.8 Å². The van der Waals surface area contributed by atoms with Crippen molar-refractivity contribution < 1.29 is 9.59 Å². The Bertz CT molecular complexity index is 368. The molecule has 2 aliphatic rings. The number of carbonyl (C=O) groups is 2. The van der Waals surface area contributed by atoms with E-state index >= 15 is 0 Å². The van der Waals surface area contributed by atoms with E-state index < -0.39 is 0 Å². The minimum atomic E-state index is -0.233. The van der Waals surface area contributed by atoms with Gasteiger partial charge in [-0.3, -0.25) is 9.59 Å². The van der Waals surface area contributed by atoms with Gasteiger partial charge in [0.25, 0.3) is 0 Å². The molecular formula is C14H24N2O2S. The van der Waals surface area contributed by atoms with Crippen molar-refractivity contribution in [2.45, 2.75) is 57.4 Å². The molecule has 0 spiro atoms. The summed E-state index contributed by atoms with van der Waals surface area (Å²) in [5.41, 5.74) is 0. The average molecular weight is 284 g/mol. The molecule has 0 N–H and O–H groups in total. The topological polar surface area (TPSA) is 40.6 Å². The second-order valence-corrected chi connectivity index (χ2v) is 7.09. The van der Waals surface area contributed by atoms with Gasteiger partial charge in [-0.1, -0.05) is 13.8 Å². The van der Waals surface area contributed by atoms with Crippen molar-refractivity contribution in [2.24, 2.45) is 0 Å². The minimum absolute atomic E-state index is 0.137. The van der Waals surface area contributed by atoms with Crippen LogP contribution in [-0.4, -0.2) is 51.4 Å². The maximum absolute atomic E-state index is 12.7. The van der Waals surface area contributed by atoms with Crippen LogP contribution in [0.3, 0.4) is 0 Å². The number of thioether (sulfide) groups is 1. The monoisotopic (exact) mass is 284 g/mol. The summed E-state index contributed by atoms with van der Waals surface area (Å²) in [7, 11) is 0. The van der Waals surface area contributed by atoms with Crippen molar-refractivity contribution in [3.63, 3.8) is 0 Å². The average Bonchev–Trinajstić information content (AvgIpc) is 2.86. The Hall–Kier alpha value is -0.710. The van der Waals surface area contributed by atoms with E-state index in [0.717, 1.165) is 38.1 Å². The van der Waals surface area contributed by atoms with Gasteiger partial charge in [0.2, 0.25) is 11.8 Å². The fourth-order valence-electron chi connectivity index (χ4n) is 3.09. The molecule has 0 aromatic heterocycles. The predicted octanol–water partition coefficient (Wildman–Crippen LogP) is 2.09. The summed E-state index contributed by atoms with van der Waals surface area (Å²) in [4.78, 5) is 28.4. The van der Waals surface area contributed by atoms with E-state index in [1.54, 1.807) is 11.8 Å². The molecule has 2 amide bonds. The predicted molar refractivity (Wildman–Crippen MR) is 77.9 cm³/mol. The molecule has 4 nitrogen and oxygen atoms in total. The fraction of sp³-hybridized carbons (Fsp3) is 0.857. The van der Waals surface area contributed by atoms with Gasteiger partial charge in [-0.05, 0) is 26.2 Å². The third-order valence-electron chi connectivity index (χ3n) is 4.03. The third kappa shape index (κ3) is 2.62. The third-order valence-corrected chi connectivity index (χ3v) is 5.53. The zero-order valence-corrected chi connectivity index (χ0v) is 13.0. The standard InChI is InChI=1S/C14H24N2O2S/c1-4-8-15(9-5-2)13(18)11-10-19-14(3)7-6-12(17)16(11)14/h11H,4-10H2,1-3H3. The van der Waals surface area contributed by atoms with Gasteiger partial charge in [-0.25, -0.2) is 0 Å². The molecular weight excluding hydrogens is 260 g/mol. The summed E-state index contributed by atoms with van der Waals surface area (Å²) in [6.45, 7) is 7.87. The minimum Gasteiger partial charge on any atom is -0.341 e. The maximum atomic E-state index is 12.7. The Morgan fingerprint density at radius 1 is 1.42 bits per heavy atom. The van der Waals surface area contributed by atoms with E-state index in [9.17, 15) is 9.59 Å². The van der Waals surface area contributed by atoms with Crippen molar-refractivity contribution in [1.82, 2.24) is 9.80 Å². The van der Waals surface area contributed by atoms with Gasteiger partial charge in [-0.2, -0.15) is 0 Å². The van der Waals surface area contributed by atoms with Crippen LogP contribution in [0.15, 0.2) is 0 Å². The van der Waals surface area contributed by atoms with Crippen molar-refractivity contribution >= 4 is 23.6 Å². The van der Waals surface area contributed by atoms with Crippen molar-refractivity contribution in [3.05, 3.63) is 0 Å². The molecule has 2 fully saturated rings. The molecule has 0 bridgehead atoms. The van der Waals surface area contributed by atoms with Crippen LogP contribution in [0.5, 0.6) is 0 Å². The quantitative estimate of drug-likeness (QED) is 0.776. The van der Waals surface area contributed by atoms with Crippen molar-refractivity contribution in [3.8, 4) is 0 Å². The van der Waals surface area contributed by atoms with Crippen LogP contribution in [0.25, 0.3) is 0 Å². The first kappa shape index (κ1) is 14.7. The molecule has 2 rings (SSSR count). The van der Waals surface area contributed by atoms with Crippen LogP contribution >= 0.6 is 11.8 Å². The van der Waals surface area contributed by atoms with Crippen LogP contribution in [0.1, 0.15) is 46.5 Å². The Morgan fingerprint density at radius 2 is 2.05 bits per heavy atom. The van der Waals surface area contributed by atoms with E-state index in [1.165, 1.54) is 0 Å². The molecule has 2 atom stereocenters. The molecule has 2 unspecified atom stereocenters. The first-order valence-corrected chi connectivity index (χ1v) is 8.27. The molecule has 2 aliphatic heterocycles. The van der Waals surface area contributed by atoms with E-state index in [4.69, 9.17) is 0 Å².